The van der Waals surface area contributed by atoms with E-state index in [0.717, 1.165) is 5.56 Å². The number of amides is 1. The van der Waals surface area contributed by atoms with Crippen LogP contribution in [0.5, 0.6) is 0 Å². The van der Waals surface area contributed by atoms with Crippen LogP contribution in [0.3, 0.4) is 0 Å². The Balaban J connectivity index is 1.60. The predicted octanol–water partition coefficient (Wildman–Crippen LogP) is 3.05. The van der Waals surface area contributed by atoms with Crippen molar-refractivity contribution in [2.75, 3.05) is 13.2 Å². The number of hydrogen-bond acceptors (Lipinski definition) is 5. The van der Waals surface area contributed by atoms with Gasteiger partial charge in [0.1, 0.15) is 6.10 Å². The highest BCUT2D eigenvalue weighted by Gasteiger charge is 2.28. The molecule has 0 bridgehead atoms. The van der Waals surface area contributed by atoms with Crippen LogP contribution >= 0.6 is 11.3 Å². The summed E-state index contributed by atoms with van der Waals surface area (Å²) in [5.74, 6) is -0.197. The molecular formula is C19H21NO4S. The van der Waals surface area contributed by atoms with Crippen molar-refractivity contribution in [2.45, 2.75) is 32.1 Å². The minimum absolute atomic E-state index is 0.0285. The maximum atomic E-state index is 12.5. The van der Waals surface area contributed by atoms with Gasteiger partial charge in [-0.05, 0) is 31.0 Å². The van der Waals surface area contributed by atoms with Gasteiger partial charge in [0.25, 0.3) is 5.91 Å². The Hall–Kier alpha value is -2.02. The third kappa shape index (κ3) is 4.75. The van der Waals surface area contributed by atoms with Crippen LogP contribution in [0.2, 0.25) is 0 Å². The Morgan fingerprint density at radius 3 is 2.68 bits per heavy atom. The standard InChI is InChI=1S/C19H21NO4S/c1-13(21)17-7-8-18(25-17)19(22)20-15-9-10-23-12-16(15)24-11-14-5-3-2-4-6-14/h2-8,15-16H,9-12H2,1H3,(H,20,22). The number of carbonyl (C=O) groups is 2. The van der Waals surface area contributed by atoms with Crippen LogP contribution in [0.25, 0.3) is 0 Å². The molecule has 2 heterocycles. The van der Waals surface area contributed by atoms with E-state index in [9.17, 15) is 9.59 Å². The number of ketones is 1. The lowest BCUT2D eigenvalue weighted by molar-refractivity contribution is -0.0735. The van der Waals surface area contributed by atoms with Gasteiger partial charge in [-0.3, -0.25) is 9.59 Å². The molecule has 2 aromatic rings. The van der Waals surface area contributed by atoms with Crippen LogP contribution in [0, 0.1) is 0 Å². The lowest BCUT2D eigenvalue weighted by atomic mass is 10.1. The molecule has 3 rings (SSSR count). The lowest BCUT2D eigenvalue weighted by Gasteiger charge is -2.32. The molecule has 1 aromatic heterocycles. The summed E-state index contributed by atoms with van der Waals surface area (Å²) in [5, 5.41) is 3.03. The second-order valence-electron chi connectivity index (χ2n) is 6.00. The van der Waals surface area contributed by atoms with Crippen molar-refractivity contribution in [1.29, 1.82) is 0 Å². The summed E-state index contributed by atoms with van der Waals surface area (Å²) in [6.45, 7) is 3.04. The maximum absolute atomic E-state index is 12.5. The monoisotopic (exact) mass is 359 g/mol. The molecular weight excluding hydrogens is 338 g/mol. The molecule has 6 heteroatoms. The summed E-state index contributed by atoms with van der Waals surface area (Å²) in [4.78, 5) is 25.0. The molecule has 0 radical (unpaired) electrons. The van der Waals surface area contributed by atoms with Crippen molar-refractivity contribution in [3.63, 3.8) is 0 Å². The number of Topliss-reactive ketones (excluding diaryl/α,β-unsaturated/α-hetero) is 1. The number of benzene rings is 1. The van der Waals surface area contributed by atoms with Crippen LogP contribution in [-0.2, 0) is 16.1 Å². The zero-order chi connectivity index (χ0) is 17.6. The Morgan fingerprint density at radius 1 is 1.20 bits per heavy atom. The summed E-state index contributed by atoms with van der Waals surface area (Å²) >= 11 is 1.22. The molecule has 2 atom stereocenters. The topological polar surface area (TPSA) is 64.6 Å². The van der Waals surface area contributed by atoms with Crippen LogP contribution in [0.4, 0.5) is 0 Å². The van der Waals surface area contributed by atoms with Crippen LogP contribution in [0.15, 0.2) is 42.5 Å². The number of nitrogens with one attached hydrogen (secondary N) is 1. The van der Waals surface area contributed by atoms with Gasteiger partial charge in [-0.1, -0.05) is 30.3 Å². The molecule has 1 aliphatic heterocycles. The molecule has 1 fully saturated rings. The van der Waals surface area contributed by atoms with E-state index in [1.807, 2.05) is 30.3 Å². The Bertz CT molecular complexity index is 728. The second-order valence-corrected chi connectivity index (χ2v) is 7.08. The SMILES string of the molecule is CC(=O)c1ccc(C(=O)NC2CCOCC2OCc2ccccc2)s1. The molecule has 1 aromatic carbocycles. The van der Waals surface area contributed by atoms with Gasteiger partial charge in [0.15, 0.2) is 5.78 Å². The van der Waals surface area contributed by atoms with E-state index in [1.165, 1.54) is 18.3 Å². The number of thiophene rings is 1. The fourth-order valence-electron chi connectivity index (χ4n) is 2.71. The van der Waals surface area contributed by atoms with E-state index in [1.54, 1.807) is 12.1 Å². The maximum Gasteiger partial charge on any atom is 0.261 e. The van der Waals surface area contributed by atoms with E-state index >= 15 is 0 Å². The highest BCUT2D eigenvalue weighted by atomic mass is 32.1. The number of ether oxygens (including phenoxy) is 2. The highest BCUT2D eigenvalue weighted by molar-refractivity contribution is 7.15. The number of rotatable bonds is 6. The van der Waals surface area contributed by atoms with Gasteiger partial charge in [0, 0.05) is 6.61 Å². The third-order valence-electron chi connectivity index (χ3n) is 4.10. The Labute approximate surface area is 151 Å². The normalized spacial score (nSPS) is 20.2. The summed E-state index contributed by atoms with van der Waals surface area (Å²) < 4.78 is 11.5. The average Bonchev–Trinajstić information content (AvgIpc) is 3.12. The zero-order valence-corrected chi connectivity index (χ0v) is 14.9. The van der Waals surface area contributed by atoms with Gasteiger partial charge in [-0.25, -0.2) is 0 Å². The largest absolute Gasteiger partial charge is 0.379 e. The molecule has 0 aliphatic carbocycles. The first-order chi connectivity index (χ1) is 12.1. The highest BCUT2D eigenvalue weighted by Crippen LogP contribution is 2.19. The quantitative estimate of drug-likeness (QED) is 0.805. The molecule has 1 saturated heterocycles. The minimum Gasteiger partial charge on any atom is -0.379 e. The average molecular weight is 359 g/mol. The summed E-state index contributed by atoms with van der Waals surface area (Å²) in [6.07, 6.45) is 0.515. The van der Waals surface area contributed by atoms with Crippen molar-refractivity contribution in [1.82, 2.24) is 5.32 Å². The van der Waals surface area contributed by atoms with Gasteiger partial charge in [0.05, 0.1) is 29.0 Å². The van der Waals surface area contributed by atoms with Crippen molar-refractivity contribution in [3.05, 3.63) is 57.8 Å². The van der Waals surface area contributed by atoms with E-state index in [4.69, 9.17) is 9.47 Å². The molecule has 5 nitrogen and oxygen atoms in total. The van der Waals surface area contributed by atoms with Crippen molar-refractivity contribution in [3.8, 4) is 0 Å². The molecule has 1 N–H and O–H groups in total. The van der Waals surface area contributed by atoms with Gasteiger partial charge in [0.2, 0.25) is 0 Å². The van der Waals surface area contributed by atoms with Crippen LogP contribution in [-0.4, -0.2) is 37.0 Å². The van der Waals surface area contributed by atoms with E-state index in [2.05, 4.69) is 5.32 Å². The van der Waals surface area contributed by atoms with Gasteiger partial charge in [-0.15, -0.1) is 11.3 Å². The number of hydrogen-bond donors (Lipinski definition) is 1. The van der Waals surface area contributed by atoms with E-state index < -0.39 is 0 Å². The van der Waals surface area contributed by atoms with Crippen molar-refractivity contribution >= 4 is 23.0 Å². The van der Waals surface area contributed by atoms with E-state index in [0.29, 0.717) is 36.0 Å². The summed E-state index contributed by atoms with van der Waals surface area (Å²) in [5.41, 5.74) is 1.09. The van der Waals surface area contributed by atoms with Crippen molar-refractivity contribution in [2.24, 2.45) is 0 Å². The predicted molar refractivity (Wildman–Crippen MR) is 96.0 cm³/mol. The first-order valence-corrected chi connectivity index (χ1v) is 9.10. The Kier molecular flexibility index (Phi) is 5.96. The second kappa shape index (κ2) is 8.38. The van der Waals surface area contributed by atoms with Crippen LogP contribution in [0.1, 0.15) is 38.3 Å². The zero-order valence-electron chi connectivity index (χ0n) is 14.1. The van der Waals surface area contributed by atoms with Gasteiger partial charge < -0.3 is 14.8 Å². The van der Waals surface area contributed by atoms with Gasteiger partial charge in [-0.2, -0.15) is 0 Å². The lowest BCUT2D eigenvalue weighted by Crippen LogP contribution is -2.49. The summed E-state index contributed by atoms with van der Waals surface area (Å²) in [7, 11) is 0. The fourth-order valence-corrected chi connectivity index (χ4v) is 3.51. The molecule has 0 spiro atoms. The molecule has 132 valence electrons. The fraction of sp³-hybridized carbons (Fsp3) is 0.368. The molecule has 1 aliphatic rings. The Morgan fingerprint density at radius 2 is 1.96 bits per heavy atom. The molecule has 2 unspecified atom stereocenters. The van der Waals surface area contributed by atoms with Gasteiger partial charge >= 0.3 is 0 Å². The molecule has 25 heavy (non-hydrogen) atoms. The number of carbonyl (C=O) groups excluding carboxylic acids is 2. The smallest absolute Gasteiger partial charge is 0.261 e. The minimum atomic E-state index is -0.190. The van der Waals surface area contributed by atoms with Crippen molar-refractivity contribution < 1.29 is 19.1 Å². The first-order valence-electron chi connectivity index (χ1n) is 8.28. The van der Waals surface area contributed by atoms with Crippen LogP contribution < -0.4 is 5.32 Å². The summed E-state index contributed by atoms with van der Waals surface area (Å²) in [6, 6.07) is 13.2. The third-order valence-corrected chi connectivity index (χ3v) is 5.29. The molecule has 0 saturated carbocycles. The van der Waals surface area contributed by atoms with E-state index in [-0.39, 0.29) is 23.8 Å². The molecule has 1 amide bonds. The first kappa shape index (κ1) is 17.8.